The second kappa shape index (κ2) is 10.1. The molecule has 1 fully saturated rings. The Bertz CT molecular complexity index is 878. The van der Waals surface area contributed by atoms with Crippen molar-refractivity contribution in [3.05, 3.63) is 53.6 Å². The van der Waals surface area contributed by atoms with Crippen LogP contribution in [0.25, 0.3) is 0 Å². The van der Waals surface area contributed by atoms with E-state index in [1.807, 2.05) is 13.0 Å². The van der Waals surface area contributed by atoms with Crippen LogP contribution in [-0.2, 0) is 6.54 Å². The fourth-order valence-corrected chi connectivity index (χ4v) is 4.20. The smallest absolute Gasteiger partial charge is 0.231 e. The molecule has 7 nitrogen and oxygen atoms in total. The fraction of sp³-hybridized carbons (Fsp3) is 0.458. The minimum absolute atomic E-state index is 0.120. The first kappa shape index (κ1) is 21.6. The van der Waals surface area contributed by atoms with Crippen LogP contribution < -0.4 is 24.0 Å². The number of Topliss-reactive ketones (excluding diaryl/α,β-unsaturated/α-hetero) is 1. The number of quaternary nitrogens is 2. The van der Waals surface area contributed by atoms with Crippen LogP contribution >= 0.6 is 0 Å². The molecule has 7 heteroatoms. The van der Waals surface area contributed by atoms with Gasteiger partial charge in [-0.05, 0) is 42.5 Å². The van der Waals surface area contributed by atoms with E-state index in [0.29, 0.717) is 31.1 Å². The average Bonchev–Trinajstić information content (AvgIpc) is 3.27. The summed E-state index contributed by atoms with van der Waals surface area (Å²) in [5, 5.41) is 10.4. The van der Waals surface area contributed by atoms with Gasteiger partial charge in [-0.2, -0.15) is 0 Å². The molecular weight excluding hydrogens is 396 g/mol. The number of piperazine rings is 1. The molecule has 0 bridgehead atoms. The lowest BCUT2D eigenvalue weighted by Gasteiger charge is -2.30. The van der Waals surface area contributed by atoms with E-state index >= 15 is 0 Å². The molecule has 2 aliphatic rings. The van der Waals surface area contributed by atoms with Crippen molar-refractivity contribution in [2.24, 2.45) is 0 Å². The lowest BCUT2D eigenvalue weighted by Crippen LogP contribution is -3.28. The standard InChI is InChI=1S/C24H30N2O5/c1-2-22(28)19-4-6-21(7-5-19)29-16-20(27)15-26-11-9-25(10-12-26)14-18-3-8-23-24(13-18)31-17-30-23/h3-8,13,20,27H,2,9-12,14-17H2,1H3/p+2/t20-/m1/s1. The molecule has 0 unspecified atom stereocenters. The number of carbonyl (C=O) groups is 1. The summed E-state index contributed by atoms with van der Waals surface area (Å²) in [6.07, 6.45) is -0.0183. The van der Waals surface area contributed by atoms with Gasteiger partial charge in [0.05, 0.1) is 0 Å². The van der Waals surface area contributed by atoms with Crippen LogP contribution in [0.4, 0.5) is 0 Å². The van der Waals surface area contributed by atoms with Gasteiger partial charge in [-0.15, -0.1) is 0 Å². The van der Waals surface area contributed by atoms with E-state index in [1.165, 1.54) is 10.5 Å². The first-order chi connectivity index (χ1) is 15.1. The molecule has 0 aromatic heterocycles. The molecule has 4 rings (SSSR count). The summed E-state index contributed by atoms with van der Waals surface area (Å²) >= 11 is 0. The molecule has 3 N–H and O–H groups in total. The van der Waals surface area contributed by atoms with E-state index < -0.39 is 6.10 Å². The Hall–Kier alpha value is -2.61. The summed E-state index contributed by atoms with van der Waals surface area (Å²) in [5.41, 5.74) is 1.96. The van der Waals surface area contributed by atoms with Crippen LogP contribution in [0.3, 0.4) is 0 Å². The topological polar surface area (TPSA) is 73.9 Å². The van der Waals surface area contributed by atoms with Crippen LogP contribution in [0.5, 0.6) is 17.2 Å². The maximum Gasteiger partial charge on any atom is 0.231 e. The van der Waals surface area contributed by atoms with Crippen LogP contribution in [0.2, 0.25) is 0 Å². The van der Waals surface area contributed by atoms with Crippen LogP contribution in [0.15, 0.2) is 42.5 Å². The Kier molecular flexibility index (Phi) is 7.06. The Balaban J connectivity index is 1.17. The highest BCUT2D eigenvalue weighted by molar-refractivity contribution is 5.95. The fourth-order valence-electron chi connectivity index (χ4n) is 4.20. The number of hydrogen-bond donors (Lipinski definition) is 3. The molecule has 2 aromatic rings. The van der Waals surface area contributed by atoms with Gasteiger partial charge in [0.1, 0.15) is 57.7 Å². The zero-order chi connectivity index (χ0) is 21.6. The van der Waals surface area contributed by atoms with Crippen molar-refractivity contribution in [2.45, 2.75) is 26.0 Å². The van der Waals surface area contributed by atoms with Crippen molar-refractivity contribution in [2.75, 3.05) is 46.1 Å². The summed E-state index contributed by atoms with van der Waals surface area (Å²) in [5.74, 6) is 2.47. The Labute approximate surface area is 183 Å². The average molecular weight is 429 g/mol. The van der Waals surface area contributed by atoms with Gasteiger partial charge in [0.2, 0.25) is 6.79 Å². The molecule has 1 atom stereocenters. The van der Waals surface area contributed by atoms with Crippen molar-refractivity contribution in [1.82, 2.24) is 0 Å². The number of aliphatic hydroxyl groups excluding tert-OH is 1. The predicted molar refractivity (Wildman–Crippen MR) is 115 cm³/mol. The number of rotatable bonds is 9. The highest BCUT2D eigenvalue weighted by Crippen LogP contribution is 2.32. The lowest BCUT2D eigenvalue weighted by molar-refractivity contribution is -1.02. The van der Waals surface area contributed by atoms with Crippen molar-refractivity contribution >= 4 is 5.78 Å². The number of ether oxygens (including phenoxy) is 3. The molecule has 166 valence electrons. The third kappa shape index (κ3) is 5.76. The molecule has 1 saturated heterocycles. The summed E-state index contributed by atoms with van der Waals surface area (Å²) < 4.78 is 16.6. The first-order valence-corrected chi connectivity index (χ1v) is 11.1. The maximum absolute atomic E-state index is 11.7. The molecule has 0 aliphatic carbocycles. The number of hydrogen-bond acceptors (Lipinski definition) is 5. The van der Waals surface area contributed by atoms with Gasteiger partial charge in [0, 0.05) is 17.5 Å². The first-order valence-electron chi connectivity index (χ1n) is 11.1. The zero-order valence-corrected chi connectivity index (χ0v) is 18.1. The number of aliphatic hydroxyl groups is 1. The van der Waals surface area contributed by atoms with E-state index in [9.17, 15) is 9.90 Å². The van der Waals surface area contributed by atoms with Crippen molar-refractivity contribution < 1.29 is 33.9 Å². The van der Waals surface area contributed by atoms with Crippen LogP contribution in [-0.4, -0.2) is 63.1 Å². The molecule has 0 amide bonds. The van der Waals surface area contributed by atoms with Crippen LogP contribution in [0, 0.1) is 0 Å². The van der Waals surface area contributed by atoms with Gasteiger partial charge in [-0.25, -0.2) is 0 Å². The minimum atomic E-state index is -0.512. The van der Waals surface area contributed by atoms with Gasteiger partial charge in [0.15, 0.2) is 17.3 Å². The Morgan fingerprint density at radius 2 is 1.74 bits per heavy atom. The summed E-state index contributed by atoms with van der Waals surface area (Å²) in [6, 6.07) is 13.3. The third-order valence-electron chi connectivity index (χ3n) is 6.02. The normalized spacial score (nSPS) is 21.0. The Morgan fingerprint density at radius 1 is 1.03 bits per heavy atom. The Morgan fingerprint density at radius 3 is 2.48 bits per heavy atom. The lowest BCUT2D eigenvalue weighted by atomic mass is 10.1. The van der Waals surface area contributed by atoms with Crippen molar-refractivity contribution in [3.8, 4) is 17.2 Å². The molecule has 0 saturated carbocycles. The summed E-state index contributed by atoms with van der Waals surface area (Å²) in [7, 11) is 0. The highest BCUT2D eigenvalue weighted by Gasteiger charge is 2.26. The number of ketones is 1. The number of benzene rings is 2. The number of nitrogens with one attached hydrogen (secondary N) is 2. The van der Waals surface area contributed by atoms with Gasteiger partial charge in [-0.3, -0.25) is 4.79 Å². The van der Waals surface area contributed by atoms with Gasteiger partial charge in [-0.1, -0.05) is 6.92 Å². The molecule has 2 heterocycles. The molecule has 0 spiro atoms. The van der Waals surface area contributed by atoms with Gasteiger partial charge >= 0.3 is 0 Å². The highest BCUT2D eigenvalue weighted by atomic mass is 16.7. The number of carbonyl (C=O) groups excluding carboxylic acids is 1. The van der Waals surface area contributed by atoms with E-state index in [4.69, 9.17) is 14.2 Å². The molecule has 31 heavy (non-hydrogen) atoms. The molecular formula is C24H32N2O5+2. The maximum atomic E-state index is 11.7. The van der Waals surface area contributed by atoms with Gasteiger partial charge < -0.3 is 29.1 Å². The number of fused-ring (bicyclic) bond motifs is 1. The van der Waals surface area contributed by atoms with E-state index in [1.54, 1.807) is 29.2 Å². The monoisotopic (exact) mass is 428 g/mol. The van der Waals surface area contributed by atoms with E-state index in [0.717, 1.165) is 44.2 Å². The summed E-state index contributed by atoms with van der Waals surface area (Å²) in [4.78, 5) is 14.6. The van der Waals surface area contributed by atoms with Crippen molar-refractivity contribution in [1.29, 1.82) is 0 Å². The van der Waals surface area contributed by atoms with Crippen LogP contribution in [0.1, 0.15) is 29.3 Å². The zero-order valence-electron chi connectivity index (χ0n) is 18.1. The predicted octanol–water partition coefficient (Wildman–Crippen LogP) is -0.269. The third-order valence-corrected chi connectivity index (χ3v) is 6.02. The quantitative estimate of drug-likeness (QED) is 0.480. The summed E-state index contributed by atoms with van der Waals surface area (Å²) in [6.45, 7) is 8.30. The second-order valence-corrected chi connectivity index (χ2v) is 8.33. The van der Waals surface area contributed by atoms with E-state index in [2.05, 4.69) is 12.1 Å². The largest absolute Gasteiger partial charge is 0.491 e. The minimum Gasteiger partial charge on any atom is -0.491 e. The second-order valence-electron chi connectivity index (χ2n) is 8.33. The molecule has 0 radical (unpaired) electrons. The van der Waals surface area contributed by atoms with Gasteiger partial charge in [0.25, 0.3) is 0 Å². The molecule has 2 aromatic carbocycles. The van der Waals surface area contributed by atoms with E-state index in [-0.39, 0.29) is 12.4 Å². The van der Waals surface area contributed by atoms with Crippen molar-refractivity contribution in [3.63, 3.8) is 0 Å². The SMILES string of the molecule is CCC(=O)c1ccc(OC[C@H](O)C[NH+]2CC[NH+](Cc3ccc4c(c3)OCO4)CC2)cc1. The molecule has 2 aliphatic heterocycles.